The van der Waals surface area contributed by atoms with Crippen molar-refractivity contribution in [2.75, 3.05) is 39.8 Å². The third kappa shape index (κ3) is 5.62. The summed E-state index contributed by atoms with van der Waals surface area (Å²) in [6.07, 6.45) is 0. The second-order valence-corrected chi connectivity index (χ2v) is 6.67. The fraction of sp³-hybridized carbons (Fsp3) is 0.300. The number of hydrogen-bond donors (Lipinski definition) is 0. The topological polar surface area (TPSA) is 59.1 Å². The van der Waals surface area contributed by atoms with Crippen molar-refractivity contribution < 1.29 is 19.1 Å². The molecule has 27 heavy (non-hydrogen) atoms. The average Bonchev–Trinajstić information content (AvgIpc) is 2.66. The molecular weight excluding hydrogens is 368 g/mol. The summed E-state index contributed by atoms with van der Waals surface area (Å²) < 4.78 is 10.2. The molecule has 0 atom stereocenters. The lowest BCUT2D eigenvalue weighted by Gasteiger charge is -2.18. The van der Waals surface area contributed by atoms with Gasteiger partial charge >= 0.3 is 5.97 Å². The number of methoxy groups -OCH3 is 1. The standard InChI is InChI=1S/C20H23ClN2O4/c1-22(2)16-8-5-14(6-9-16)12-23(3)19(24)13-27-20(25)17-11-15(21)7-10-18(17)26-4/h5-11H,12-13H2,1-4H3. The van der Waals surface area contributed by atoms with Gasteiger partial charge in [-0.15, -0.1) is 0 Å². The number of anilines is 1. The second-order valence-electron chi connectivity index (χ2n) is 6.23. The predicted octanol–water partition coefficient (Wildman–Crippen LogP) is 3.23. The van der Waals surface area contributed by atoms with E-state index in [2.05, 4.69) is 0 Å². The van der Waals surface area contributed by atoms with Crippen molar-refractivity contribution in [1.82, 2.24) is 4.90 Å². The van der Waals surface area contributed by atoms with E-state index in [0.29, 0.717) is 17.3 Å². The summed E-state index contributed by atoms with van der Waals surface area (Å²) in [5.41, 5.74) is 2.25. The first-order valence-corrected chi connectivity index (χ1v) is 8.70. The van der Waals surface area contributed by atoms with Crippen molar-refractivity contribution in [3.8, 4) is 5.75 Å². The summed E-state index contributed by atoms with van der Waals surface area (Å²) in [6.45, 7) is 0.0609. The SMILES string of the molecule is COc1ccc(Cl)cc1C(=O)OCC(=O)N(C)Cc1ccc(N(C)C)cc1. The van der Waals surface area contributed by atoms with Gasteiger partial charge < -0.3 is 19.3 Å². The Bertz CT molecular complexity index is 806. The number of carbonyl (C=O) groups excluding carboxylic acids is 2. The van der Waals surface area contributed by atoms with Gasteiger partial charge in [-0.3, -0.25) is 4.79 Å². The first-order chi connectivity index (χ1) is 12.8. The van der Waals surface area contributed by atoms with E-state index in [-0.39, 0.29) is 18.1 Å². The molecule has 0 radical (unpaired) electrons. The fourth-order valence-electron chi connectivity index (χ4n) is 2.42. The first-order valence-electron chi connectivity index (χ1n) is 8.32. The Balaban J connectivity index is 1.92. The molecule has 0 unspecified atom stereocenters. The Morgan fingerprint density at radius 3 is 2.30 bits per heavy atom. The highest BCUT2D eigenvalue weighted by Crippen LogP contribution is 2.23. The van der Waals surface area contributed by atoms with E-state index < -0.39 is 5.97 Å². The molecule has 0 fully saturated rings. The molecular formula is C20H23ClN2O4. The molecule has 0 aromatic heterocycles. The maximum Gasteiger partial charge on any atom is 0.342 e. The maximum absolute atomic E-state index is 12.3. The molecule has 0 N–H and O–H groups in total. The Kier molecular flexibility index (Phi) is 7.07. The van der Waals surface area contributed by atoms with Gasteiger partial charge in [-0.25, -0.2) is 4.79 Å². The quantitative estimate of drug-likeness (QED) is 0.679. The second kappa shape index (κ2) is 9.28. The molecule has 2 aromatic rings. The molecule has 6 nitrogen and oxygen atoms in total. The zero-order valence-electron chi connectivity index (χ0n) is 15.9. The predicted molar refractivity (Wildman–Crippen MR) is 106 cm³/mol. The van der Waals surface area contributed by atoms with Gasteiger partial charge in [0.1, 0.15) is 11.3 Å². The average molecular weight is 391 g/mol. The first kappa shape index (κ1) is 20.6. The van der Waals surface area contributed by atoms with Crippen LogP contribution in [0.15, 0.2) is 42.5 Å². The van der Waals surface area contributed by atoms with Gasteiger partial charge in [-0.1, -0.05) is 23.7 Å². The highest BCUT2D eigenvalue weighted by atomic mass is 35.5. The van der Waals surface area contributed by atoms with E-state index in [1.807, 2.05) is 43.3 Å². The van der Waals surface area contributed by atoms with Crippen molar-refractivity contribution in [3.05, 3.63) is 58.6 Å². The Hall–Kier alpha value is -2.73. The lowest BCUT2D eigenvalue weighted by atomic mass is 10.2. The summed E-state index contributed by atoms with van der Waals surface area (Å²) in [7, 11) is 7.04. The summed E-state index contributed by atoms with van der Waals surface area (Å²) in [4.78, 5) is 28.0. The van der Waals surface area contributed by atoms with Gasteiger partial charge in [-0.2, -0.15) is 0 Å². The molecule has 2 aromatic carbocycles. The Labute approximate surface area is 164 Å². The molecule has 7 heteroatoms. The molecule has 0 spiro atoms. The Morgan fingerprint density at radius 1 is 1.04 bits per heavy atom. The smallest absolute Gasteiger partial charge is 0.342 e. The minimum atomic E-state index is -0.661. The number of carbonyl (C=O) groups is 2. The van der Waals surface area contributed by atoms with E-state index in [1.54, 1.807) is 19.2 Å². The van der Waals surface area contributed by atoms with E-state index in [9.17, 15) is 9.59 Å². The zero-order valence-corrected chi connectivity index (χ0v) is 16.6. The number of hydrogen-bond acceptors (Lipinski definition) is 5. The van der Waals surface area contributed by atoms with Crippen LogP contribution in [0.3, 0.4) is 0 Å². The summed E-state index contributed by atoms with van der Waals surface area (Å²) in [5.74, 6) is -0.626. The van der Waals surface area contributed by atoms with E-state index in [1.165, 1.54) is 18.1 Å². The molecule has 0 aliphatic carbocycles. The molecule has 2 rings (SSSR count). The van der Waals surface area contributed by atoms with Gasteiger partial charge in [0.2, 0.25) is 0 Å². The molecule has 144 valence electrons. The molecule has 1 amide bonds. The summed E-state index contributed by atoms with van der Waals surface area (Å²) >= 11 is 5.91. The van der Waals surface area contributed by atoms with Gasteiger partial charge in [-0.05, 0) is 35.9 Å². The lowest BCUT2D eigenvalue weighted by molar-refractivity contribution is -0.133. The fourth-order valence-corrected chi connectivity index (χ4v) is 2.59. The van der Waals surface area contributed by atoms with Gasteiger partial charge in [0.15, 0.2) is 6.61 Å². The minimum absolute atomic E-state index is 0.180. The third-order valence-electron chi connectivity index (χ3n) is 4.01. The van der Waals surface area contributed by atoms with Crippen LogP contribution in [0.4, 0.5) is 5.69 Å². The van der Waals surface area contributed by atoms with Crippen LogP contribution in [0.2, 0.25) is 5.02 Å². The van der Waals surface area contributed by atoms with Crippen LogP contribution in [0.1, 0.15) is 15.9 Å². The molecule has 0 aliphatic heterocycles. The van der Waals surface area contributed by atoms with Crippen LogP contribution in [0.25, 0.3) is 0 Å². The normalized spacial score (nSPS) is 10.3. The zero-order chi connectivity index (χ0) is 20.0. The van der Waals surface area contributed by atoms with Crippen molar-refractivity contribution in [3.63, 3.8) is 0 Å². The minimum Gasteiger partial charge on any atom is -0.496 e. The molecule has 0 bridgehead atoms. The van der Waals surface area contributed by atoms with E-state index in [0.717, 1.165) is 11.3 Å². The van der Waals surface area contributed by atoms with Crippen molar-refractivity contribution in [2.45, 2.75) is 6.54 Å². The van der Waals surface area contributed by atoms with Crippen LogP contribution in [-0.4, -0.2) is 51.6 Å². The largest absolute Gasteiger partial charge is 0.496 e. The lowest BCUT2D eigenvalue weighted by Crippen LogP contribution is -2.30. The molecule has 0 heterocycles. The number of nitrogens with zero attached hydrogens (tertiary/aromatic N) is 2. The third-order valence-corrected chi connectivity index (χ3v) is 4.24. The monoisotopic (exact) mass is 390 g/mol. The van der Waals surface area contributed by atoms with Crippen LogP contribution in [-0.2, 0) is 16.1 Å². The van der Waals surface area contributed by atoms with Gasteiger partial charge in [0.05, 0.1) is 7.11 Å². The number of halogens is 1. The number of likely N-dealkylation sites (N-methyl/N-ethyl adjacent to an activating group) is 1. The number of benzene rings is 2. The van der Waals surface area contributed by atoms with Gasteiger partial charge in [0.25, 0.3) is 5.91 Å². The van der Waals surface area contributed by atoms with Crippen LogP contribution < -0.4 is 9.64 Å². The highest BCUT2D eigenvalue weighted by Gasteiger charge is 2.17. The van der Waals surface area contributed by atoms with Gasteiger partial charge in [0, 0.05) is 38.4 Å². The highest BCUT2D eigenvalue weighted by molar-refractivity contribution is 6.31. The summed E-state index contributed by atoms with van der Waals surface area (Å²) in [5, 5.41) is 0.382. The summed E-state index contributed by atoms with van der Waals surface area (Å²) in [6, 6.07) is 12.5. The number of ether oxygens (including phenoxy) is 2. The van der Waals surface area contributed by atoms with Crippen LogP contribution >= 0.6 is 11.6 Å². The van der Waals surface area contributed by atoms with Crippen molar-refractivity contribution >= 4 is 29.2 Å². The van der Waals surface area contributed by atoms with Crippen LogP contribution in [0, 0.1) is 0 Å². The number of rotatable bonds is 7. The number of esters is 1. The maximum atomic E-state index is 12.3. The number of amides is 1. The molecule has 0 saturated heterocycles. The van der Waals surface area contributed by atoms with E-state index in [4.69, 9.17) is 21.1 Å². The van der Waals surface area contributed by atoms with Crippen molar-refractivity contribution in [1.29, 1.82) is 0 Å². The Morgan fingerprint density at radius 2 is 1.70 bits per heavy atom. The van der Waals surface area contributed by atoms with Crippen LogP contribution in [0.5, 0.6) is 5.75 Å². The molecule has 0 aliphatic rings. The van der Waals surface area contributed by atoms with E-state index >= 15 is 0 Å². The van der Waals surface area contributed by atoms with Crippen molar-refractivity contribution in [2.24, 2.45) is 0 Å². The molecule has 0 saturated carbocycles.